The van der Waals surface area contributed by atoms with Gasteiger partial charge < -0.3 is 18.9 Å². The first-order chi connectivity index (χ1) is 13.3. The SMILES string of the molecule is O=C(c1cc(C2CC2)on1)N1CCN(c2cc(-n3cccc3)ncn2)CC1. The fourth-order valence-electron chi connectivity index (χ4n) is 3.39. The number of anilines is 1. The van der Waals surface area contributed by atoms with Crippen LogP contribution in [-0.2, 0) is 0 Å². The maximum absolute atomic E-state index is 12.7. The number of amides is 1. The normalized spacial score (nSPS) is 17.3. The van der Waals surface area contributed by atoms with Crippen molar-refractivity contribution < 1.29 is 9.32 Å². The van der Waals surface area contributed by atoms with Crippen LogP contribution in [0.5, 0.6) is 0 Å². The number of piperazine rings is 1. The highest BCUT2D eigenvalue weighted by Gasteiger charge is 2.30. The molecule has 2 aliphatic rings. The lowest BCUT2D eigenvalue weighted by molar-refractivity contribution is 0.0736. The molecule has 3 aromatic heterocycles. The van der Waals surface area contributed by atoms with Gasteiger partial charge in [0.2, 0.25) is 0 Å². The van der Waals surface area contributed by atoms with E-state index in [9.17, 15) is 4.79 Å². The van der Waals surface area contributed by atoms with Gasteiger partial charge >= 0.3 is 0 Å². The van der Waals surface area contributed by atoms with E-state index in [4.69, 9.17) is 4.52 Å². The van der Waals surface area contributed by atoms with Crippen LogP contribution in [0.25, 0.3) is 5.82 Å². The average Bonchev–Trinajstić information content (AvgIpc) is 3.22. The lowest BCUT2D eigenvalue weighted by Crippen LogP contribution is -2.49. The van der Waals surface area contributed by atoms with Crippen molar-refractivity contribution in [1.29, 1.82) is 0 Å². The molecule has 0 unspecified atom stereocenters. The summed E-state index contributed by atoms with van der Waals surface area (Å²) in [6, 6.07) is 7.70. The summed E-state index contributed by atoms with van der Waals surface area (Å²) in [5.41, 5.74) is 0.419. The van der Waals surface area contributed by atoms with Crippen LogP contribution < -0.4 is 4.90 Å². The monoisotopic (exact) mass is 364 g/mol. The molecule has 0 spiro atoms. The molecule has 1 saturated carbocycles. The second-order valence-electron chi connectivity index (χ2n) is 6.99. The molecule has 138 valence electrons. The Bertz CT molecular complexity index is 939. The van der Waals surface area contributed by atoms with E-state index in [1.807, 2.05) is 40.1 Å². The van der Waals surface area contributed by atoms with Gasteiger partial charge in [0.1, 0.15) is 23.7 Å². The third-order valence-corrected chi connectivity index (χ3v) is 5.13. The van der Waals surface area contributed by atoms with E-state index < -0.39 is 0 Å². The molecule has 4 heterocycles. The number of hydrogen-bond donors (Lipinski definition) is 0. The fraction of sp³-hybridized carbons (Fsp3) is 0.368. The lowest BCUT2D eigenvalue weighted by Gasteiger charge is -2.35. The van der Waals surface area contributed by atoms with Crippen molar-refractivity contribution in [3.63, 3.8) is 0 Å². The van der Waals surface area contributed by atoms with E-state index in [2.05, 4.69) is 20.0 Å². The van der Waals surface area contributed by atoms with E-state index in [0.29, 0.717) is 24.7 Å². The molecule has 1 aliphatic heterocycles. The van der Waals surface area contributed by atoms with Gasteiger partial charge in [-0.25, -0.2) is 9.97 Å². The third kappa shape index (κ3) is 3.18. The molecule has 0 radical (unpaired) electrons. The number of rotatable bonds is 4. The quantitative estimate of drug-likeness (QED) is 0.705. The smallest absolute Gasteiger partial charge is 0.276 e. The minimum atomic E-state index is -0.0546. The largest absolute Gasteiger partial charge is 0.360 e. The Kier molecular flexibility index (Phi) is 3.88. The van der Waals surface area contributed by atoms with Gasteiger partial charge in [-0.3, -0.25) is 4.79 Å². The summed E-state index contributed by atoms with van der Waals surface area (Å²) in [4.78, 5) is 25.4. The Labute approximate surface area is 156 Å². The van der Waals surface area contributed by atoms with Gasteiger partial charge in [-0.2, -0.15) is 0 Å². The Morgan fingerprint density at radius 2 is 1.74 bits per heavy atom. The van der Waals surface area contributed by atoms with Crippen LogP contribution in [0.2, 0.25) is 0 Å². The average molecular weight is 364 g/mol. The Hall–Kier alpha value is -3.16. The fourth-order valence-corrected chi connectivity index (χ4v) is 3.39. The highest BCUT2D eigenvalue weighted by Crippen LogP contribution is 2.40. The molecular formula is C19H20N6O2. The minimum absolute atomic E-state index is 0.0546. The zero-order valence-corrected chi connectivity index (χ0v) is 14.9. The van der Waals surface area contributed by atoms with Crippen molar-refractivity contribution in [3.05, 3.63) is 54.4 Å². The third-order valence-electron chi connectivity index (χ3n) is 5.13. The first-order valence-corrected chi connectivity index (χ1v) is 9.24. The van der Waals surface area contributed by atoms with Crippen molar-refractivity contribution in [3.8, 4) is 5.82 Å². The summed E-state index contributed by atoms with van der Waals surface area (Å²) in [5, 5.41) is 3.97. The van der Waals surface area contributed by atoms with Gasteiger partial charge in [0.25, 0.3) is 5.91 Å². The second-order valence-corrected chi connectivity index (χ2v) is 6.99. The molecule has 0 aromatic carbocycles. The van der Waals surface area contributed by atoms with Crippen LogP contribution in [-0.4, -0.2) is 56.7 Å². The van der Waals surface area contributed by atoms with E-state index in [0.717, 1.165) is 43.3 Å². The topological polar surface area (TPSA) is 80.3 Å². The van der Waals surface area contributed by atoms with Crippen LogP contribution in [0.15, 0.2) is 47.5 Å². The highest BCUT2D eigenvalue weighted by molar-refractivity contribution is 5.92. The van der Waals surface area contributed by atoms with Crippen molar-refractivity contribution in [2.75, 3.05) is 31.1 Å². The maximum Gasteiger partial charge on any atom is 0.276 e. The van der Waals surface area contributed by atoms with Crippen LogP contribution in [0.3, 0.4) is 0 Å². The van der Waals surface area contributed by atoms with E-state index in [1.54, 1.807) is 12.4 Å². The van der Waals surface area contributed by atoms with Gasteiger partial charge in [-0.15, -0.1) is 0 Å². The summed E-state index contributed by atoms with van der Waals surface area (Å²) in [6.07, 6.45) is 7.75. The Balaban J connectivity index is 1.24. The van der Waals surface area contributed by atoms with E-state index >= 15 is 0 Å². The molecule has 8 nitrogen and oxygen atoms in total. The molecule has 8 heteroatoms. The van der Waals surface area contributed by atoms with Crippen molar-refractivity contribution in [1.82, 2.24) is 24.6 Å². The number of aromatic nitrogens is 4. The number of hydrogen-bond acceptors (Lipinski definition) is 6. The predicted molar refractivity (Wildman–Crippen MR) is 98.0 cm³/mol. The molecule has 5 rings (SSSR count). The van der Waals surface area contributed by atoms with Crippen LogP contribution in [0, 0.1) is 0 Å². The molecule has 1 saturated heterocycles. The highest BCUT2D eigenvalue weighted by atomic mass is 16.5. The van der Waals surface area contributed by atoms with Gasteiger partial charge in [-0.1, -0.05) is 5.16 Å². The molecule has 2 fully saturated rings. The summed E-state index contributed by atoms with van der Waals surface area (Å²) in [5.74, 6) is 2.96. The van der Waals surface area contributed by atoms with Crippen molar-refractivity contribution in [2.24, 2.45) is 0 Å². The molecule has 27 heavy (non-hydrogen) atoms. The Morgan fingerprint density at radius 3 is 2.48 bits per heavy atom. The van der Waals surface area contributed by atoms with Gasteiger partial charge in [0, 0.05) is 56.6 Å². The van der Waals surface area contributed by atoms with Crippen LogP contribution in [0.4, 0.5) is 5.82 Å². The van der Waals surface area contributed by atoms with Gasteiger partial charge in [0.15, 0.2) is 5.69 Å². The van der Waals surface area contributed by atoms with E-state index in [1.165, 1.54) is 0 Å². The predicted octanol–water partition coefficient (Wildman–Crippen LogP) is 2.10. The first kappa shape index (κ1) is 16.0. The standard InChI is InChI=1S/C19H20N6O2/c26-19(15-11-16(27-22-15)14-3-4-14)25-9-7-24(8-10-25)18-12-17(20-13-21-18)23-5-1-2-6-23/h1-2,5-6,11-14H,3-4,7-10H2. The Morgan fingerprint density at radius 1 is 1.00 bits per heavy atom. The first-order valence-electron chi connectivity index (χ1n) is 9.24. The maximum atomic E-state index is 12.7. The summed E-state index contributed by atoms with van der Waals surface area (Å²) < 4.78 is 7.26. The van der Waals surface area contributed by atoms with Gasteiger partial charge in [-0.05, 0) is 25.0 Å². The zero-order chi connectivity index (χ0) is 18.2. The molecule has 0 bridgehead atoms. The number of nitrogens with zero attached hydrogens (tertiary/aromatic N) is 6. The van der Waals surface area contributed by atoms with Crippen molar-refractivity contribution in [2.45, 2.75) is 18.8 Å². The van der Waals surface area contributed by atoms with Crippen molar-refractivity contribution >= 4 is 11.7 Å². The molecule has 0 atom stereocenters. The molecular weight excluding hydrogens is 344 g/mol. The molecule has 3 aromatic rings. The molecule has 1 amide bonds. The van der Waals surface area contributed by atoms with Gasteiger partial charge in [0.05, 0.1) is 0 Å². The molecule has 1 aliphatic carbocycles. The summed E-state index contributed by atoms with van der Waals surface area (Å²) in [6.45, 7) is 2.71. The van der Waals surface area contributed by atoms with Crippen LogP contribution >= 0.6 is 0 Å². The lowest BCUT2D eigenvalue weighted by atomic mass is 10.2. The molecule has 0 N–H and O–H groups in total. The minimum Gasteiger partial charge on any atom is -0.360 e. The van der Waals surface area contributed by atoms with E-state index in [-0.39, 0.29) is 5.91 Å². The summed E-state index contributed by atoms with van der Waals surface area (Å²) in [7, 11) is 0. The zero-order valence-electron chi connectivity index (χ0n) is 14.9. The summed E-state index contributed by atoms with van der Waals surface area (Å²) >= 11 is 0. The van der Waals surface area contributed by atoms with Crippen LogP contribution in [0.1, 0.15) is 35.0 Å². The number of carbonyl (C=O) groups excluding carboxylic acids is 1. The second kappa shape index (κ2) is 6.53. The number of carbonyl (C=O) groups is 1.